The Hall–Kier alpha value is -1.59. The molecule has 0 aromatic rings. The van der Waals surface area contributed by atoms with Crippen LogP contribution < -0.4 is 5.32 Å². The third kappa shape index (κ3) is 38.1. The van der Waals surface area contributed by atoms with Gasteiger partial charge in [0.05, 0.1) is 25.4 Å². The monoisotopic (exact) mass is 962 g/mol. The molecule has 1 fully saturated rings. The van der Waals surface area contributed by atoms with Crippen LogP contribution in [0, 0.1) is 0 Å². The second kappa shape index (κ2) is 49.0. The van der Waals surface area contributed by atoms with E-state index in [0.29, 0.717) is 6.42 Å². The number of ether oxygens (including phenoxy) is 2. The molecule has 1 heterocycles. The van der Waals surface area contributed by atoms with E-state index in [4.69, 9.17) is 9.47 Å². The number of aliphatic hydroxyl groups excluding tert-OH is 5. The number of hydrogen-bond acceptors (Lipinski definition) is 8. The smallest absolute Gasteiger partial charge is 0.220 e. The number of rotatable bonds is 50. The number of amides is 1. The minimum atomic E-state index is -1.57. The van der Waals surface area contributed by atoms with Crippen LogP contribution in [0.2, 0.25) is 0 Å². The highest BCUT2D eigenvalue weighted by atomic mass is 16.7. The van der Waals surface area contributed by atoms with Crippen molar-refractivity contribution in [2.45, 2.75) is 320 Å². The third-order valence-electron chi connectivity index (χ3n) is 13.9. The van der Waals surface area contributed by atoms with Crippen LogP contribution in [-0.2, 0) is 14.3 Å². The summed E-state index contributed by atoms with van der Waals surface area (Å²) in [6, 6.07) is -0.826. The normalized spacial score (nSPS) is 19.8. The maximum absolute atomic E-state index is 13.1. The van der Waals surface area contributed by atoms with Gasteiger partial charge in [0.2, 0.25) is 5.91 Å². The fourth-order valence-electron chi connectivity index (χ4n) is 9.31. The van der Waals surface area contributed by atoms with Gasteiger partial charge in [-0.1, -0.05) is 262 Å². The summed E-state index contributed by atoms with van der Waals surface area (Å²) in [4.78, 5) is 13.1. The van der Waals surface area contributed by atoms with Crippen molar-refractivity contribution >= 4 is 5.91 Å². The number of nitrogens with one attached hydrogen (secondary N) is 1. The Morgan fingerprint density at radius 1 is 0.485 bits per heavy atom. The average molecular weight is 963 g/mol. The standard InChI is InChI=1S/C59H111NO8/c1-3-5-7-9-11-13-15-17-19-21-23-25-26-27-29-31-33-35-37-39-41-43-45-47-49-55(63)60-52(51-67-59-58(66)57(65)56(64)54(50-61)68-59)53(62)48-46-44-42-40-38-36-34-32-30-28-24-22-20-18-16-14-12-10-8-6-4-2/h30,32,38,40,46,48,52-54,56-59,61-62,64-66H,3-29,31,33-37,39,41-45,47,49-51H2,1-2H3,(H,60,63)/b32-30+,40-38+,48-46+. The van der Waals surface area contributed by atoms with E-state index in [0.717, 1.165) is 44.9 Å². The van der Waals surface area contributed by atoms with Crippen LogP contribution in [0.15, 0.2) is 36.5 Å². The van der Waals surface area contributed by atoms with Crippen LogP contribution in [0.25, 0.3) is 0 Å². The zero-order chi connectivity index (χ0) is 49.4. The van der Waals surface area contributed by atoms with Gasteiger partial charge in [0.25, 0.3) is 0 Å². The molecular weight excluding hydrogens is 851 g/mol. The Morgan fingerprint density at radius 3 is 1.24 bits per heavy atom. The van der Waals surface area contributed by atoms with Gasteiger partial charge in [-0.15, -0.1) is 0 Å². The highest BCUT2D eigenvalue weighted by Gasteiger charge is 2.44. The number of allylic oxidation sites excluding steroid dienone is 5. The molecule has 6 N–H and O–H groups in total. The summed E-state index contributed by atoms with van der Waals surface area (Å²) in [6.07, 6.45) is 56.4. The average Bonchev–Trinajstić information content (AvgIpc) is 3.34. The van der Waals surface area contributed by atoms with E-state index in [2.05, 4.69) is 43.5 Å². The molecule has 0 radical (unpaired) electrons. The van der Waals surface area contributed by atoms with Crippen molar-refractivity contribution in [1.29, 1.82) is 0 Å². The lowest BCUT2D eigenvalue weighted by Crippen LogP contribution is -2.60. The number of unbranched alkanes of at least 4 members (excludes halogenated alkanes) is 36. The molecule has 1 aliphatic heterocycles. The van der Waals surface area contributed by atoms with Crippen molar-refractivity contribution in [3.8, 4) is 0 Å². The number of aliphatic hydroxyl groups is 5. The molecule has 7 atom stereocenters. The lowest BCUT2D eigenvalue weighted by molar-refractivity contribution is -0.302. The topological polar surface area (TPSA) is 149 Å². The van der Waals surface area contributed by atoms with Gasteiger partial charge in [-0.05, 0) is 44.9 Å². The van der Waals surface area contributed by atoms with E-state index in [1.807, 2.05) is 6.08 Å². The molecule has 1 rings (SSSR count). The SMILES string of the molecule is CCCCCCCCCCCCC/C=C/CC/C=C/CC/C=C/C(O)C(COC1OC(CO)C(O)C(O)C1O)NC(=O)CCCCCCCCCCCCCCCCCCCCCCCCCC. The predicted molar refractivity (Wildman–Crippen MR) is 286 cm³/mol. The Balaban J connectivity index is 2.25. The summed E-state index contributed by atoms with van der Waals surface area (Å²) in [7, 11) is 0. The Kier molecular flexibility index (Phi) is 46.4. The summed E-state index contributed by atoms with van der Waals surface area (Å²) in [6.45, 7) is 3.79. The van der Waals surface area contributed by atoms with Gasteiger partial charge in [-0.25, -0.2) is 0 Å². The third-order valence-corrected chi connectivity index (χ3v) is 13.9. The minimum absolute atomic E-state index is 0.186. The molecule has 1 aliphatic rings. The van der Waals surface area contributed by atoms with Crippen molar-refractivity contribution in [3.05, 3.63) is 36.5 Å². The van der Waals surface area contributed by atoms with Gasteiger partial charge in [0.15, 0.2) is 6.29 Å². The molecule has 400 valence electrons. The van der Waals surface area contributed by atoms with E-state index in [1.165, 1.54) is 212 Å². The van der Waals surface area contributed by atoms with Crippen LogP contribution in [-0.4, -0.2) is 87.5 Å². The molecule has 1 saturated heterocycles. The second-order valence-corrected chi connectivity index (χ2v) is 20.4. The highest BCUT2D eigenvalue weighted by molar-refractivity contribution is 5.76. The zero-order valence-electron chi connectivity index (χ0n) is 44.4. The molecule has 0 spiro atoms. The fraction of sp³-hybridized carbons (Fsp3) is 0.881. The molecular formula is C59H111NO8. The summed E-state index contributed by atoms with van der Waals surface area (Å²) in [5.74, 6) is -0.186. The number of hydrogen-bond donors (Lipinski definition) is 6. The molecule has 0 bridgehead atoms. The van der Waals surface area contributed by atoms with Crippen molar-refractivity contribution in [2.24, 2.45) is 0 Å². The van der Waals surface area contributed by atoms with Crippen molar-refractivity contribution in [1.82, 2.24) is 5.32 Å². The van der Waals surface area contributed by atoms with Crippen LogP contribution in [0.4, 0.5) is 0 Å². The van der Waals surface area contributed by atoms with Crippen molar-refractivity contribution in [2.75, 3.05) is 13.2 Å². The first-order valence-electron chi connectivity index (χ1n) is 29.2. The number of carbonyl (C=O) groups is 1. The first kappa shape index (κ1) is 64.4. The van der Waals surface area contributed by atoms with Gasteiger partial charge < -0.3 is 40.3 Å². The van der Waals surface area contributed by atoms with Crippen LogP contribution in [0.3, 0.4) is 0 Å². The van der Waals surface area contributed by atoms with Crippen LogP contribution >= 0.6 is 0 Å². The molecule has 1 amide bonds. The molecule has 68 heavy (non-hydrogen) atoms. The minimum Gasteiger partial charge on any atom is -0.394 e. The predicted octanol–water partition coefficient (Wildman–Crippen LogP) is 14.4. The van der Waals surface area contributed by atoms with E-state index in [-0.39, 0.29) is 12.5 Å². The quantitative estimate of drug-likeness (QED) is 0.0261. The maximum Gasteiger partial charge on any atom is 0.220 e. The Labute approximate surface area is 419 Å². The molecule has 9 heteroatoms. The summed E-state index contributed by atoms with van der Waals surface area (Å²) < 4.78 is 11.3. The van der Waals surface area contributed by atoms with Crippen molar-refractivity contribution < 1.29 is 39.8 Å². The van der Waals surface area contributed by atoms with Crippen LogP contribution in [0.5, 0.6) is 0 Å². The Bertz CT molecular complexity index is 1160. The molecule has 7 unspecified atom stereocenters. The van der Waals surface area contributed by atoms with E-state index < -0.39 is 49.5 Å². The lowest BCUT2D eigenvalue weighted by atomic mass is 9.99. The molecule has 0 aromatic carbocycles. The van der Waals surface area contributed by atoms with E-state index in [1.54, 1.807) is 6.08 Å². The molecule has 0 aromatic heterocycles. The van der Waals surface area contributed by atoms with Crippen molar-refractivity contribution in [3.63, 3.8) is 0 Å². The molecule has 0 saturated carbocycles. The van der Waals surface area contributed by atoms with Gasteiger partial charge >= 0.3 is 0 Å². The van der Waals surface area contributed by atoms with Gasteiger partial charge in [-0.3, -0.25) is 4.79 Å². The second-order valence-electron chi connectivity index (χ2n) is 20.4. The Morgan fingerprint density at radius 2 is 0.838 bits per heavy atom. The summed E-state index contributed by atoms with van der Waals surface area (Å²) >= 11 is 0. The first-order chi connectivity index (χ1) is 33.3. The zero-order valence-corrected chi connectivity index (χ0v) is 44.4. The van der Waals surface area contributed by atoms with E-state index >= 15 is 0 Å². The number of carbonyl (C=O) groups excluding carboxylic acids is 1. The largest absolute Gasteiger partial charge is 0.394 e. The summed E-state index contributed by atoms with van der Waals surface area (Å²) in [5.41, 5.74) is 0. The first-order valence-corrected chi connectivity index (χ1v) is 29.2. The lowest BCUT2D eigenvalue weighted by Gasteiger charge is -2.40. The highest BCUT2D eigenvalue weighted by Crippen LogP contribution is 2.23. The summed E-state index contributed by atoms with van der Waals surface area (Å²) in [5, 5.41) is 54.5. The van der Waals surface area contributed by atoms with Gasteiger partial charge in [0.1, 0.15) is 24.4 Å². The molecule has 0 aliphatic carbocycles. The van der Waals surface area contributed by atoms with E-state index in [9.17, 15) is 30.3 Å². The van der Waals surface area contributed by atoms with Crippen LogP contribution in [0.1, 0.15) is 277 Å². The van der Waals surface area contributed by atoms with Gasteiger partial charge in [0, 0.05) is 6.42 Å². The van der Waals surface area contributed by atoms with Gasteiger partial charge in [-0.2, -0.15) is 0 Å². The maximum atomic E-state index is 13.1. The fourth-order valence-corrected chi connectivity index (χ4v) is 9.31. The molecule has 9 nitrogen and oxygen atoms in total.